The van der Waals surface area contributed by atoms with Crippen LogP contribution in [-0.4, -0.2) is 60.5 Å². The summed E-state index contributed by atoms with van der Waals surface area (Å²) >= 11 is 2.48. The molecule has 2 heterocycles. The summed E-state index contributed by atoms with van der Waals surface area (Å²) in [6, 6.07) is 5.85. The van der Waals surface area contributed by atoms with Crippen LogP contribution in [0.15, 0.2) is 34.3 Å². The number of carbonyl (C=O) groups excluding carboxylic acids is 1. The summed E-state index contributed by atoms with van der Waals surface area (Å²) in [5, 5.41) is 3.64. The number of aromatic nitrogens is 2. The highest BCUT2D eigenvalue weighted by molar-refractivity contribution is 7.98. The Balaban J connectivity index is 1.71. The highest BCUT2D eigenvalue weighted by atomic mass is 32.2. The van der Waals surface area contributed by atoms with Crippen molar-refractivity contribution in [3.05, 3.63) is 29.8 Å². The van der Waals surface area contributed by atoms with Crippen molar-refractivity contribution in [1.82, 2.24) is 13.7 Å². The van der Waals surface area contributed by atoms with Gasteiger partial charge in [0.25, 0.3) is 5.91 Å². The number of benzene rings is 1. The van der Waals surface area contributed by atoms with Crippen LogP contribution in [0.1, 0.15) is 10.4 Å². The molecular formula is C14H16N4O4S3. The molecule has 3 rings (SSSR count). The number of hydrogen-bond donors (Lipinski definition) is 1. The summed E-state index contributed by atoms with van der Waals surface area (Å²) < 4.78 is 35.7. The van der Waals surface area contributed by atoms with Gasteiger partial charge in [0.05, 0.1) is 18.1 Å². The molecule has 1 amide bonds. The molecule has 1 aromatic carbocycles. The van der Waals surface area contributed by atoms with Gasteiger partial charge in [-0.3, -0.25) is 10.1 Å². The molecule has 0 unspecified atom stereocenters. The number of hydrogen-bond acceptors (Lipinski definition) is 8. The zero-order valence-electron chi connectivity index (χ0n) is 13.3. The molecular weight excluding hydrogens is 384 g/mol. The highest BCUT2D eigenvalue weighted by Gasteiger charge is 2.26. The molecule has 25 heavy (non-hydrogen) atoms. The average molecular weight is 401 g/mol. The molecule has 11 heteroatoms. The van der Waals surface area contributed by atoms with Crippen molar-refractivity contribution in [3.8, 4) is 0 Å². The van der Waals surface area contributed by atoms with Crippen molar-refractivity contribution in [2.75, 3.05) is 37.9 Å². The second kappa shape index (κ2) is 7.79. The molecule has 0 atom stereocenters. The fraction of sp³-hybridized carbons (Fsp3) is 0.357. The van der Waals surface area contributed by atoms with Crippen molar-refractivity contribution in [3.63, 3.8) is 0 Å². The van der Waals surface area contributed by atoms with Crippen molar-refractivity contribution in [1.29, 1.82) is 0 Å². The van der Waals surface area contributed by atoms with E-state index in [0.29, 0.717) is 42.2 Å². The average Bonchev–Trinajstić information content (AvgIpc) is 3.10. The molecule has 1 aliphatic heterocycles. The normalized spacial score (nSPS) is 15.9. The van der Waals surface area contributed by atoms with Gasteiger partial charge in [-0.1, -0.05) is 11.8 Å². The van der Waals surface area contributed by atoms with Crippen molar-refractivity contribution >= 4 is 44.4 Å². The van der Waals surface area contributed by atoms with Gasteiger partial charge in [0.15, 0.2) is 0 Å². The Kier molecular flexibility index (Phi) is 5.69. The fourth-order valence-corrected chi connectivity index (χ4v) is 4.76. The Hall–Kier alpha value is -1.53. The van der Waals surface area contributed by atoms with E-state index in [1.807, 2.05) is 6.26 Å². The van der Waals surface area contributed by atoms with E-state index in [-0.39, 0.29) is 10.8 Å². The number of amides is 1. The molecule has 1 aliphatic rings. The summed E-state index contributed by atoms with van der Waals surface area (Å²) in [6.45, 7) is 1.44. The van der Waals surface area contributed by atoms with Gasteiger partial charge in [-0.05, 0) is 30.5 Å². The van der Waals surface area contributed by atoms with Crippen LogP contribution in [0.2, 0.25) is 0 Å². The molecule has 1 saturated heterocycles. The van der Waals surface area contributed by atoms with Crippen molar-refractivity contribution in [2.45, 2.75) is 10.1 Å². The van der Waals surface area contributed by atoms with Crippen LogP contribution in [0.5, 0.6) is 0 Å². The first-order valence-corrected chi connectivity index (χ1v) is 10.8. The molecule has 0 saturated carbocycles. The van der Waals surface area contributed by atoms with Crippen LogP contribution in [-0.2, 0) is 14.8 Å². The number of sulfonamides is 1. The number of rotatable bonds is 5. The molecule has 1 N–H and O–H groups in total. The number of ether oxygens (including phenoxy) is 1. The van der Waals surface area contributed by atoms with E-state index < -0.39 is 10.0 Å². The number of carbonyl (C=O) groups is 1. The standard InChI is InChI=1S/C14H16N4O4S3/c1-23-14-16-13(24-17-14)15-12(19)10-2-4-11(5-3-10)25(20,21)18-6-8-22-9-7-18/h2-5H,6-9H2,1H3,(H,15,16,17,19). The molecule has 0 radical (unpaired) electrons. The van der Waals surface area contributed by atoms with E-state index >= 15 is 0 Å². The van der Waals surface area contributed by atoms with Gasteiger partial charge in [0, 0.05) is 30.2 Å². The molecule has 0 aliphatic carbocycles. The Bertz CT molecular complexity index is 845. The number of nitrogens with one attached hydrogen (secondary N) is 1. The Morgan fingerprint density at radius 3 is 2.56 bits per heavy atom. The van der Waals surface area contributed by atoms with Gasteiger partial charge in [-0.25, -0.2) is 8.42 Å². The summed E-state index contributed by atoms with van der Waals surface area (Å²) in [7, 11) is -3.56. The monoisotopic (exact) mass is 400 g/mol. The van der Waals surface area contributed by atoms with E-state index in [0.717, 1.165) is 11.5 Å². The van der Waals surface area contributed by atoms with Crippen LogP contribution in [0, 0.1) is 0 Å². The summed E-state index contributed by atoms with van der Waals surface area (Å²) in [5.74, 6) is -0.362. The van der Waals surface area contributed by atoms with Crippen LogP contribution in [0.25, 0.3) is 0 Å². The van der Waals surface area contributed by atoms with Gasteiger partial charge in [-0.15, -0.1) is 0 Å². The molecule has 8 nitrogen and oxygen atoms in total. The SMILES string of the molecule is CSc1nsc(NC(=O)c2ccc(S(=O)(=O)N3CCOCC3)cc2)n1. The third kappa shape index (κ3) is 4.18. The van der Waals surface area contributed by atoms with Gasteiger partial charge >= 0.3 is 0 Å². The van der Waals surface area contributed by atoms with E-state index in [2.05, 4.69) is 14.7 Å². The Morgan fingerprint density at radius 2 is 1.96 bits per heavy atom. The topological polar surface area (TPSA) is 101 Å². The molecule has 0 bridgehead atoms. The maximum Gasteiger partial charge on any atom is 0.257 e. The van der Waals surface area contributed by atoms with Gasteiger partial charge in [-0.2, -0.15) is 13.7 Å². The summed E-state index contributed by atoms with van der Waals surface area (Å²) in [6.07, 6.45) is 1.85. The van der Waals surface area contributed by atoms with Gasteiger partial charge in [0.1, 0.15) is 0 Å². The molecule has 0 spiro atoms. The predicted molar refractivity (Wildman–Crippen MR) is 95.7 cm³/mol. The minimum absolute atomic E-state index is 0.159. The molecule has 1 fully saturated rings. The van der Waals surface area contributed by atoms with Crippen LogP contribution in [0.4, 0.5) is 5.13 Å². The number of nitrogens with zero attached hydrogens (tertiary/aromatic N) is 3. The third-order valence-corrected chi connectivity index (χ3v) is 6.74. The summed E-state index contributed by atoms with van der Waals surface area (Å²) in [4.78, 5) is 16.5. The largest absolute Gasteiger partial charge is 0.379 e. The van der Waals surface area contributed by atoms with Crippen LogP contribution < -0.4 is 5.32 Å². The first-order valence-electron chi connectivity index (χ1n) is 7.38. The quantitative estimate of drug-likeness (QED) is 0.760. The molecule has 134 valence electrons. The van der Waals surface area contributed by atoms with E-state index in [4.69, 9.17) is 4.74 Å². The first kappa shape index (κ1) is 18.3. The van der Waals surface area contributed by atoms with Crippen molar-refractivity contribution < 1.29 is 17.9 Å². The van der Waals surface area contributed by atoms with Crippen LogP contribution >= 0.6 is 23.3 Å². The molecule has 2 aromatic rings. The summed E-state index contributed by atoms with van der Waals surface area (Å²) in [5.41, 5.74) is 0.349. The lowest BCUT2D eigenvalue weighted by atomic mass is 10.2. The van der Waals surface area contributed by atoms with E-state index in [1.54, 1.807) is 0 Å². The highest BCUT2D eigenvalue weighted by Crippen LogP contribution is 2.20. The zero-order valence-corrected chi connectivity index (χ0v) is 15.8. The van der Waals surface area contributed by atoms with Gasteiger partial charge in [0.2, 0.25) is 20.3 Å². The van der Waals surface area contributed by atoms with Gasteiger partial charge < -0.3 is 4.74 Å². The Labute approximate surface area is 153 Å². The Morgan fingerprint density at radius 1 is 1.28 bits per heavy atom. The third-order valence-electron chi connectivity index (χ3n) is 3.53. The maximum atomic E-state index is 12.5. The van der Waals surface area contributed by atoms with E-state index in [9.17, 15) is 13.2 Å². The molecule has 1 aromatic heterocycles. The maximum absolute atomic E-state index is 12.5. The van der Waals surface area contributed by atoms with Crippen LogP contribution in [0.3, 0.4) is 0 Å². The lowest BCUT2D eigenvalue weighted by Gasteiger charge is -2.26. The first-order chi connectivity index (χ1) is 12.0. The minimum atomic E-state index is -3.56. The second-order valence-corrected chi connectivity index (χ2v) is 8.54. The smallest absolute Gasteiger partial charge is 0.257 e. The predicted octanol–water partition coefficient (Wildman–Crippen LogP) is 1.53. The number of anilines is 1. The second-order valence-electron chi connectivity index (χ2n) is 5.08. The van der Waals surface area contributed by atoms with E-state index in [1.165, 1.54) is 40.3 Å². The van der Waals surface area contributed by atoms with Crippen molar-refractivity contribution in [2.24, 2.45) is 0 Å². The lowest BCUT2D eigenvalue weighted by molar-refractivity contribution is 0.0730. The zero-order chi connectivity index (χ0) is 17.9. The minimum Gasteiger partial charge on any atom is -0.379 e. The fourth-order valence-electron chi connectivity index (χ4n) is 2.23. The number of thioether (sulfide) groups is 1. The lowest BCUT2D eigenvalue weighted by Crippen LogP contribution is -2.40. The number of morpholine rings is 1.